The van der Waals surface area contributed by atoms with Gasteiger partial charge in [0.1, 0.15) is 0 Å². The predicted octanol–water partition coefficient (Wildman–Crippen LogP) is 3.71. The molecule has 18 heavy (non-hydrogen) atoms. The highest BCUT2D eigenvalue weighted by Gasteiger charge is 2.08. The Bertz CT molecular complexity index is 666. The van der Waals surface area contributed by atoms with Gasteiger partial charge in [-0.15, -0.1) is 0 Å². The standard InChI is InChI=1S/C16H16N2/c1-3-12-6-9-15-16(10-12)18-14-8-5-11(2)4-7-13(14)17-15/h4-6,8-10H,3,7H2,1-2H3. The molecular formula is C16H16N2. The SMILES string of the molecule is CCc1ccc2nc3c(nc2c1)C=CC(C)=CC3. The molecule has 0 amide bonds. The summed E-state index contributed by atoms with van der Waals surface area (Å²) in [5.74, 6) is 0. The second-order valence-electron chi connectivity index (χ2n) is 4.72. The van der Waals surface area contributed by atoms with Crippen molar-refractivity contribution in [2.24, 2.45) is 0 Å². The largest absolute Gasteiger partial charge is 0.249 e. The van der Waals surface area contributed by atoms with E-state index in [2.05, 4.69) is 50.3 Å². The van der Waals surface area contributed by atoms with Gasteiger partial charge in [-0.25, -0.2) is 9.97 Å². The van der Waals surface area contributed by atoms with Crippen molar-refractivity contribution in [3.8, 4) is 0 Å². The van der Waals surface area contributed by atoms with Crippen molar-refractivity contribution >= 4 is 17.1 Å². The summed E-state index contributed by atoms with van der Waals surface area (Å²) in [6.07, 6.45) is 8.27. The summed E-state index contributed by atoms with van der Waals surface area (Å²) in [6.45, 7) is 4.27. The van der Waals surface area contributed by atoms with Crippen LogP contribution < -0.4 is 0 Å². The van der Waals surface area contributed by atoms with Gasteiger partial charge in [-0.05, 0) is 37.1 Å². The van der Waals surface area contributed by atoms with Crippen molar-refractivity contribution in [3.05, 3.63) is 52.9 Å². The third-order valence-electron chi connectivity index (χ3n) is 3.36. The maximum Gasteiger partial charge on any atom is 0.0897 e. The van der Waals surface area contributed by atoms with Crippen LogP contribution >= 0.6 is 0 Å². The number of benzene rings is 1. The van der Waals surface area contributed by atoms with Crippen molar-refractivity contribution in [2.75, 3.05) is 0 Å². The van der Waals surface area contributed by atoms with Crippen LogP contribution in [0.25, 0.3) is 17.1 Å². The number of rotatable bonds is 1. The van der Waals surface area contributed by atoms with Crippen LogP contribution in [0.2, 0.25) is 0 Å². The first-order valence-corrected chi connectivity index (χ1v) is 6.40. The summed E-state index contributed by atoms with van der Waals surface area (Å²) in [7, 11) is 0. The zero-order valence-electron chi connectivity index (χ0n) is 10.8. The van der Waals surface area contributed by atoms with Crippen LogP contribution in [0, 0.1) is 0 Å². The molecular weight excluding hydrogens is 220 g/mol. The van der Waals surface area contributed by atoms with Gasteiger partial charge in [-0.2, -0.15) is 0 Å². The number of aromatic nitrogens is 2. The third kappa shape index (κ3) is 1.94. The Morgan fingerprint density at radius 2 is 2.00 bits per heavy atom. The molecule has 1 aliphatic rings. The Hall–Kier alpha value is -1.96. The lowest BCUT2D eigenvalue weighted by atomic mass is 10.1. The number of hydrogen-bond donors (Lipinski definition) is 0. The van der Waals surface area contributed by atoms with Gasteiger partial charge in [0.25, 0.3) is 0 Å². The molecule has 2 heteroatoms. The highest BCUT2D eigenvalue weighted by Crippen LogP contribution is 2.19. The van der Waals surface area contributed by atoms with Gasteiger partial charge in [0.2, 0.25) is 0 Å². The summed E-state index contributed by atoms with van der Waals surface area (Å²) in [6, 6.07) is 6.35. The van der Waals surface area contributed by atoms with Crippen LogP contribution in [0.15, 0.2) is 35.9 Å². The van der Waals surface area contributed by atoms with E-state index < -0.39 is 0 Å². The Morgan fingerprint density at radius 3 is 2.83 bits per heavy atom. The topological polar surface area (TPSA) is 25.8 Å². The monoisotopic (exact) mass is 236 g/mol. The van der Waals surface area contributed by atoms with Crippen molar-refractivity contribution in [1.29, 1.82) is 0 Å². The minimum Gasteiger partial charge on any atom is -0.249 e. The smallest absolute Gasteiger partial charge is 0.0897 e. The zero-order valence-corrected chi connectivity index (χ0v) is 10.8. The first-order valence-electron chi connectivity index (χ1n) is 6.40. The van der Waals surface area contributed by atoms with Crippen LogP contribution in [-0.2, 0) is 12.8 Å². The first kappa shape index (κ1) is 11.1. The van der Waals surface area contributed by atoms with Crippen LogP contribution in [0.4, 0.5) is 0 Å². The van der Waals surface area contributed by atoms with E-state index in [0.717, 1.165) is 35.3 Å². The molecule has 2 aromatic rings. The number of fused-ring (bicyclic) bond motifs is 2. The number of nitrogens with zero attached hydrogens (tertiary/aromatic N) is 2. The maximum atomic E-state index is 4.74. The second kappa shape index (κ2) is 4.37. The molecule has 0 unspecified atom stereocenters. The summed E-state index contributed by atoms with van der Waals surface area (Å²) in [4.78, 5) is 9.46. The van der Waals surface area contributed by atoms with E-state index >= 15 is 0 Å². The number of allylic oxidation sites excluding steroid dienone is 3. The van der Waals surface area contributed by atoms with E-state index in [1.54, 1.807) is 0 Å². The van der Waals surface area contributed by atoms with E-state index in [1.807, 2.05) is 0 Å². The Balaban J connectivity index is 2.19. The van der Waals surface area contributed by atoms with Gasteiger partial charge in [0, 0.05) is 6.42 Å². The summed E-state index contributed by atoms with van der Waals surface area (Å²) >= 11 is 0. The highest BCUT2D eigenvalue weighted by atomic mass is 14.8. The van der Waals surface area contributed by atoms with Gasteiger partial charge in [0.05, 0.1) is 22.4 Å². The van der Waals surface area contributed by atoms with Crippen molar-refractivity contribution in [3.63, 3.8) is 0 Å². The van der Waals surface area contributed by atoms with Gasteiger partial charge < -0.3 is 0 Å². The summed E-state index contributed by atoms with van der Waals surface area (Å²) in [5, 5.41) is 0. The van der Waals surface area contributed by atoms with E-state index in [4.69, 9.17) is 9.97 Å². The van der Waals surface area contributed by atoms with Crippen LogP contribution in [0.3, 0.4) is 0 Å². The molecule has 1 aliphatic carbocycles. The van der Waals surface area contributed by atoms with Crippen molar-refractivity contribution in [1.82, 2.24) is 9.97 Å². The van der Waals surface area contributed by atoms with E-state index in [1.165, 1.54) is 11.1 Å². The van der Waals surface area contributed by atoms with Gasteiger partial charge >= 0.3 is 0 Å². The van der Waals surface area contributed by atoms with Crippen LogP contribution in [-0.4, -0.2) is 9.97 Å². The lowest BCUT2D eigenvalue weighted by molar-refractivity contribution is 1.08. The fraction of sp³-hybridized carbons (Fsp3) is 0.250. The third-order valence-corrected chi connectivity index (χ3v) is 3.36. The fourth-order valence-electron chi connectivity index (χ4n) is 2.19. The predicted molar refractivity (Wildman–Crippen MR) is 75.4 cm³/mol. The van der Waals surface area contributed by atoms with E-state index in [0.29, 0.717) is 0 Å². The molecule has 0 bridgehead atoms. The molecule has 0 fully saturated rings. The van der Waals surface area contributed by atoms with E-state index in [-0.39, 0.29) is 0 Å². The van der Waals surface area contributed by atoms with Crippen molar-refractivity contribution < 1.29 is 0 Å². The van der Waals surface area contributed by atoms with Gasteiger partial charge in [-0.3, -0.25) is 0 Å². The van der Waals surface area contributed by atoms with Crippen LogP contribution in [0.5, 0.6) is 0 Å². The molecule has 0 spiro atoms. The second-order valence-corrected chi connectivity index (χ2v) is 4.72. The van der Waals surface area contributed by atoms with E-state index in [9.17, 15) is 0 Å². The lowest BCUT2D eigenvalue weighted by Gasteiger charge is -2.05. The molecule has 0 atom stereocenters. The molecule has 1 heterocycles. The Kier molecular flexibility index (Phi) is 2.71. The average Bonchev–Trinajstić information content (AvgIpc) is 2.58. The molecule has 1 aromatic carbocycles. The Labute approximate surface area is 107 Å². The molecule has 0 saturated heterocycles. The van der Waals surface area contributed by atoms with Gasteiger partial charge in [0.15, 0.2) is 0 Å². The summed E-state index contributed by atoms with van der Waals surface area (Å²) < 4.78 is 0. The molecule has 0 saturated carbocycles. The quantitative estimate of drug-likeness (QED) is 0.754. The first-order chi connectivity index (χ1) is 8.76. The number of aryl methyl sites for hydroxylation is 1. The Morgan fingerprint density at radius 1 is 1.11 bits per heavy atom. The molecule has 0 aliphatic heterocycles. The number of hydrogen-bond acceptors (Lipinski definition) is 2. The van der Waals surface area contributed by atoms with Crippen molar-refractivity contribution in [2.45, 2.75) is 26.7 Å². The normalized spacial score (nSPS) is 14.2. The fourth-order valence-corrected chi connectivity index (χ4v) is 2.19. The molecule has 0 radical (unpaired) electrons. The maximum absolute atomic E-state index is 4.74. The highest BCUT2D eigenvalue weighted by molar-refractivity contribution is 5.77. The molecule has 3 rings (SSSR count). The lowest BCUT2D eigenvalue weighted by Crippen LogP contribution is -1.97. The minimum absolute atomic E-state index is 0.868. The molecule has 90 valence electrons. The summed E-state index contributed by atoms with van der Waals surface area (Å²) in [5.41, 5.74) is 6.64. The average molecular weight is 236 g/mol. The molecule has 1 aromatic heterocycles. The molecule has 2 nitrogen and oxygen atoms in total. The van der Waals surface area contributed by atoms with Crippen LogP contribution in [0.1, 0.15) is 30.8 Å². The van der Waals surface area contributed by atoms with Gasteiger partial charge in [-0.1, -0.05) is 30.7 Å². The minimum atomic E-state index is 0.868. The molecule has 0 N–H and O–H groups in total. The zero-order chi connectivity index (χ0) is 12.5.